The summed E-state index contributed by atoms with van der Waals surface area (Å²) < 4.78 is 31.0. The Morgan fingerprint density at radius 1 is 1.13 bits per heavy atom. The average molecular weight is 466 g/mol. The number of hydrogen-bond donors (Lipinski definition) is 1. The maximum absolute atomic E-state index is 12.5. The van der Waals surface area contributed by atoms with Gasteiger partial charge in [-0.2, -0.15) is 0 Å². The molecule has 0 radical (unpaired) electrons. The van der Waals surface area contributed by atoms with Crippen molar-refractivity contribution in [1.82, 2.24) is 10.2 Å². The monoisotopic (exact) mass is 465 g/mol. The van der Waals surface area contributed by atoms with Crippen molar-refractivity contribution in [1.29, 1.82) is 0 Å². The first-order chi connectivity index (χ1) is 14.7. The summed E-state index contributed by atoms with van der Waals surface area (Å²) in [5, 5.41) is 3.25. The third-order valence-corrected chi connectivity index (χ3v) is 6.75. The quantitative estimate of drug-likeness (QED) is 0.648. The molecule has 2 aromatic carbocycles. The molecule has 1 aliphatic rings. The summed E-state index contributed by atoms with van der Waals surface area (Å²) in [5.41, 5.74) is 3.16. The predicted octanol–water partition coefficient (Wildman–Crippen LogP) is 2.56. The summed E-state index contributed by atoms with van der Waals surface area (Å²) >= 11 is 6.13. The Morgan fingerprint density at radius 3 is 2.42 bits per heavy atom. The van der Waals surface area contributed by atoms with E-state index in [2.05, 4.69) is 22.3 Å². The Labute approximate surface area is 189 Å². The molecule has 1 N–H and O–H groups in total. The number of nitrogens with zero attached hydrogens (tertiary/aromatic N) is 2. The van der Waals surface area contributed by atoms with Crippen molar-refractivity contribution in [3.05, 3.63) is 64.2 Å². The molecule has 7 nitrogen and oxygen atoms in total. The minimum atomic E-state index is -3.65. The van der Waals surface area contributed by atoms with Gasteiger partial charge in [-0.1, -0.05) is 41.9 Å². The van der Waals surface area contributed by atoms with Crippen molar-refractivity contribution in [2.24, 2.45) is 0 Å². The largest absolute Gasteiger partial charge is 0.379 e. The molecule has 2 aromatic rings. The van der Waals surface area contributed by atoms with E-state index in [9.17, 15) is 13.2 Å². The minimum Gasteiger partial charge on any atom is -0.379 e. The van der Waals surface area contributed by atoms with Gasteiger partial charge in [-0.3, -0.25) is 14.0 Å². The van der Waals surface area contributed by atoms with Crippen LogP contribution in [0.2, 0.25) is 5.02 Å². The van der Waals surface area contributed by atoms with Crippen LogP contribution in [0.15, 0.2) is 42.5 Å². The molecule has 0 aliphatic carbocycles. The summed E-state index contributed by atoms with van der Waals surface area (Å²) in [6, 6.07) is 13.0. The lowest BCUT2D eigenvalue weighted by Gasteiger charge is -2.26. The molecule has 0 spiro atoms. The van der Waals surface area contributed by atoms with Gasteiger partial charge in [0.1, 0.15) is 6.54 Å². The molecule has 1 saturated heterocycles. The molecule has 1 fully saturated rings. The van der Waals surface area contributed by atoms with Crippen molar-refractivity contribution in [3.8, 4) is 0 Å². The zero-order valence-electron chi connectivity index (χ0n) is 17.8. The van der Waals surface area contributed by atoms with Gasteiger partial charge < -0.3 is 10.1 Å². The average Bonchev–Trinajstić information content (AvgIpc) is 2.74. The Kier molecular flexibility index (Phi) is 7.94. The second-order valence-corrected chi connectivity index (χ2v) is 9.95. The molecule has 0 saturated carbocycles. The van der Waals surface area contributed by atoms with E-state index in [1.165, 1.54) is 5.56 Å². The number of sulfonamides is 1. The molecule has 0 unspecified atom stereocenters. The summed E-state index contributed by atoms with van der Waals surface area (Å²) in [7, 11) is -3.65. The van der Waals surface area contributed by atoms with Crippen LogP contribution < -0.4 is 9.62 Å². The van der Waals surface area contributed by atoms with E-state index in [0.717, 1.165) is 49.0 Å². The van der Waals surface area contributed by atoms with Crippen LogP contribution in [-0.2, 0) is 32.6 Å². The molecular formula is C22H28ClN3O4S. The number of amides is 1. The van der Waals surface area contributed by atoms with Crippen LogP contribution in [0.25, 0.3) is 0 Å². The van der Waals surface area contributed by atoms with Crippen LogP contribution in [0.3, 0.4) is 0 Å². The van der Waals surface area contributed by atoms with Crippen molar-refractivity contribution in [2.45, 2.75) is 20.0 Å². The summed E-state index contributed by atoms with van der Waals surface area (Å²) in [6.45, 7) is 6.01. The molecule has 0 aromatic heterocycles. The molecule has 9 heteroatoms. The SMILES string of the molecule is Cc1c(Cl)cccc1N(CC(=O)NCc1ccc(CN2CCOCC2)cc1)S(C)(=O)=O. The summed E-state index contributed by atoms with van der Waals surface area (Å²) in [6.07, 6.45) is 1.08. The zero-order chi connectivity index (χ0) is 22.4. The fourth-order valence-electron chi connectivity index (χ4n) is 3.41. The number of anilines is 1. The number of rotatable bonds is 8. The molecule has 1 aliphatic heterocycles. The maximum Gasteiger partial charge on any atom is 0.241 e. The lowest BCUT2D eigenvalue weighted by molar-refractivity contribution is -0.119. The second-order valence-electron chi connectivity index (χ2n) is 7.64. The highest BCUT2D eigenvalue weighted by atomic mass is 35.5. The van der Waals surface area contributed by atoms with Gasteiger partial charge in [0.25, 0.3) is 0 Å². The van der Waals surface area contributed by atoms with E-state index in [4.69, 9.17) is 16.3 Å². The van der Waals surface area contributed by atoms with E-state index in [-0.39, 0.29) is 12.5 Å². The molecule has 1 amide bonds. The maximum atomic E-state index is 12.5. The molecule has 31 heavy (non-hydrogen) atoms. The fourth-order valence-corrected chi connectivity index (χ4v) is 4.49. The van der Waals surface area contributed by atoms with Gasteiger partial charge in [-0.05, 0) is 35.7 Å². The smallest absolute Gasteiger partial charge is 0.241 e. The van der Waals surface area contributed by atoms with Gasteiger partial charge in [-0.25, -0.2) is 8.42 Å². The Bertz CT molecular complexity index is 1010. The van der Waals surface area contributed by atoms with E-state index >= 15 is 0 Å². The lowest BCUT2D eigenvalue weighted by atomic mass is 10.1. The highest BCUT2D eigenvalue weighted by Crippen LogP contribution is 2.28. The van der Waals surface area contributed by atoms with E-state index in [1.807, 2.05) is 12.1 Å². The topological polar surface area (TPSA) is 79.0 Å². The molecule has 0 atom stereocenters. The number of hydrogen-bond acceptors (Lipinski definition) is 5. The number of morpholine rings is 1. The summed E-state index contributed by atoms with van der Waals surface area (Å²) in [4.78, 5) is 14.8. The number of carbonyl (C=O) groups is 1. The van der Waals surface area contributed by atoms with Gasteiger partial charge in [0.2, 0.25) is 15.9 Å². The second kappa shape index (κ2) is 10.5. The Hall–Kier alpha value is -2.13. The van der Waals surface area contributed by atoms with Gasteiger partial charge >= 0.3 is 0 Å². The van der Waals surface area contributed by atoms with Gasteiger partial charge in [0.05, 0.1) is 25.2 Å². The molecular weight excluding hydrogens is 438 g/mol. The molecule has 3 rings (SSSR count). The summed E-state index contributed by atoms with van der Waals surface area (Å²) in [5.74, 6) is -0.387. The minimum absolute atomic E-state index is 0.310. The van der Waals surface area contributed by atoms with Crippen LogP contribution in [0.1, 0.15) is 16.7 Å². The number of carbonyl (C=O) groups excluding carboxylic acids is 1. The van der Waals surface area contributed by atoms with Gasteiger partial charge in [0, 0.05) is 31.2 Å². The van der Waals surface area contributed by atoms with Gasteiger partial charge in [0.15, 0.2) is 0 Å². The highest BCUT2D eigenvalue weighted by molar-refractivity contribution is 7.92. The van der Waals surface area contributed by atoms with E-state index < -0.39 is 10.0 Å². The first kappa shape index (κ1) is 23.5. The third kappa shape index (κ3) is 6.67. The van der Waals surface area contributed by atoms with Crippen molar-refractivity contribution in [3.63, 3.8) is 0 Å². The number of nitrogens with one attached hydrogen (secondary N) is 1. The van der Waals surface area contributed by atoms with Crippen molar-refractivity contribution in [2.75, 3.05) is 43.4 Å². The lowest BCUT2D eigenvalue weighted by Crippen LogP contribution is -2.40. The van der Waals surface area contributed by atoms with Crippen molar-refractivity contribution < 1.29 is 17.9 Å². The first-order valence-electron chi connectivity index (χ1n) is 10.1. The first-order valence-corrected chi connectivity index (χ1v) is 12.3. The number of halogens is 1. The molecule has 0 bridgehead atoms. The van der Waals surface area contributed by atoms with Crippen LogP contribution in [0.5, 0.6) is 0 Å². The van der Waals surface area contributed by atoms with Crippen LogP contribution in [-0.4, -0.2) is 58.3 Å². The van der Waals surface area contributed by atoms with Gasteiger partial charge in [-0.15, -0.1) is 0 Å². The van der Waals surface area contributed by atoms with Crippen LogP contribution in [0, 0.1) is 6.92 Å². The third-order valence-electron chi connectivity index (χ3n) is 5.22. The predicted molar refractivity (Wildman–Crippen MR) is 123 cm³/mol. The molecule has 1 heterocycles. The normalized spacial score (nSPS) is 14.9. The Balaban J connectivity index is 1.58. The van der Waals surface area contributed by atoms with Crippen LogP contribution in [0.4, 0.5) is 5.69 Å². The van der Waals surface area contributed by atoms with Crippen molar-refractivity contribution >= 4 is 33.2 Å². The van der Waals surface area contributed by atoms with Crippen LogP contribution >= 0.6 is 11.6 Å². The van der Waals surface area contributed by atoms with E-state index in [1.54, 1.807) is 25.1 Å². The molecule has 168 valence electrons. The standard InChI is InChI=1S/C22H28ClN3O4S/c1-17-20(23)4-3-5-21(17)26(31(2,28)29)16-22(27)24-14-18-6-8-19(9-7-18)15-25-10-12-30-13-11-25/h3-9H,10-16H2,1-2H3,(H,24,27). The Morgan fingerprint density at radius 2 is 1.77 bits per heavy atom. The number of ether oxygens (including phenoxy) is 1. The zero-order valence-corrected chi connectivity index (χ0v) is 19.4. The number of benzene rings is 2. The van der Waals surface area contributed by atoms with E-state index in [0.29, 0.717) is 22.8 Å². The highest BCUT2D eigenvalue weighted by Gasteiger charge is 2.23. The fraction of sp³-hybridized carbons (Fsp3) is 0.409.